The van der Waals surface area contributed by atoms with Gasteiger partial charge in [-0.2, -0.15) is 0 Å². The second-order valence-electron chi connectivity index (χ2n) is 7.75. The highest BCUT2D eigenvalue weighted by atomic mass is 79.9. The van der Waals surface area contributed by atoms with Gasteiger partial charge < -0.3 is 0 Å². The van der Waals surface area contributed by atoms with Gasteiger partial charge in [0.15, 0.2) is 5.37 Å². The van der Waals surface area contributed by atoms with Crippen molar-refractivity contribution in [2.45, 2.75) is 19.2 Å². The van der Waals surface area contributed by atoms with Gasteiger partial charge in [0.2, 0.25) is 9.84 Å². The van der Waals surface area contributed by atoms with Crippen molar-refractivity contribution in [2.75, 3.05) is 4.90 Å². The minimum atomic E-state index is -4.20. The van der Waals surface area contributed by atoms with E-state index in [1.165, 1.54) is 35.2 Å². The summed E-state index contributed by atoms with van der Waals surface area (Å²) in [7, 11) is -4.20. The molecule has 0 radical (unpaired) electrons. The van der Waals surface area contributed by atoms with E-state index in [0.717, 1.165) is 15.6 Å². The van der Waals surface area contributed by atoms with E-state index in [4.69, 9.17) is 0 Å². The van der Waals surface area contributed by atoms with Crippen LogP contribution in [0.15, 0.2) is 76.1 Å². The Bertz CT molecular complexity index is 1420. The molecule has 3 aromatic rings. The number of carbonyl (C=O) groups is 1. The lowest BCUT2D eigenvalue weighted by Gasteiger charge is -2.24. The Hall–Kier alpha value is -3.30. The van der Waals surface area contributed by atoms with Crippen molar-refractivity contribution in [1.29, 1.82) is 0 Å². The van der Waals surface area contributed by atoms with E-state index in [-0.39, 0.29) is 16.2 Å². The number of anilines is 1. The lowest BCUT2D eigenvalue weighted by atomic mass is 10.1. The van der Waals surface area contributed by atoms with Crippen molar-refractivity contribution in [3.8, 4) is 0 Å². The van der Waals surface area contributed by atoms with Gasteiger partial charge in [0, 0.05) is 22.3 Å². The second kappa shape index (κ2) is 8.57. The Labute approximate surface area is 199 Å². The van der Waals surface area contributed by atoms with Gasteiger partial charge >= 0.3 is 0 Å². The predicted octanol–water partition coefficient (Wildman–Crippen LogP) is 5.48. The van der Waals surface area contributed by atoms with E-state index in [0.29, 0.717) is 11.3 Å². The molecule has 0 spiro atoms. The lowest BCUT2D eigenvalue weighted by molar-refractivity contribution is -0.384. The van der Waals surface area contributed by atoms with E-state index >= 15 is 0 Å². The molecule has 9 heteroatoms. The number of hydrogen-bond acceptors (Lipinski definition) is 5. The minimum absolute atomic E-state index is 0.148. The summed E-state index contributed by atoms with van der Waals surface area (Å²) in [5.74, 6) is -0.683. The van der Waals surface area contributed by atoms with Crippen LogP contribution in [0.5, 0.6) is 0 Å². The summed E-state index contributed by atoms with van der Waals surface area (Å²) in [5.41, 5.74) is 2.73. The van der Waals surface area contributed by atoms with Gasteiger partial charge in [-0.1, -0.05) is 46.3 Å². The SMILES string of the molecule is Cc1ccc(N2C(=O)C(=Cc3ccc(Br)cc3)S(=O)(=O)C2c2cccc([N+](=O)[O-])c2)cc1C. The Morgan fingerprint density at radius 2 is 1.70 bits per heavy atom. The Kier molecular flexibility index (Phi) is 5.94. The highest BCUT2D eigenvalue weighted by Gasteiger charge is 2.50. The van der Waals surface area contributed by atoms with Crippen LogP contribution in [0.25, 0.3) is 6.08 Å². The average Bonchev–Trinajstić information content (AvgIpc) is 2.97. The van der Waals surface area contributed by atoms with Crippen molar-refractivity contribution in [2.24, 2.45) is 0 Å². The van der Waals surface area contributed by atoms with Crippen LogP contribution in [-0.2, 0) is 14.6 Å². The third-order valence-corrected chi connectivity index (χ3v) is 8.07. The van der Waals surface area contributed by atoms with Crippen LogP contribution in [0.3, 0.4) is 0 Å². The largest absolute Gasteiger partial charge is 0.286 e. The maximum Gasteiger partial charge on any atom is 0.271 e. The molecule has 0 aromatic heterocycles. The maximum absolute atomic E-state index is 13.7. The van der Waals surface area contributed by atoms with Crippen molar-refractivity contribution in [3.63, 3.8) is 0 Å². The predicted molar refractivity (Wildman–Crippen MR) is 130 cm³/mol. The number of non-ortho nitro benzene ring substituents is 1. The monoisotopic (exact) mass is 526 g/mol. The van der Waals surface area contributed by atoms with Gasteiger partial charge in [-0.25, -0.2) is 8.42 Å². The smallest absolute Gasteiger partial charge is 0.271 e. The number of aryl methyl sites for hydroxylation is 2. The fraction of sp³-hybridized carbons (Fsp3) is 0.125. The Balaban J connectivity index is 1.94. The van der Waals surface area contributed by atoms with Crippen LogP contribution < -0.4 is 4.90 Å². The number of hydrogen-bond donors (Lipinski definition) is 0. The van der Waals surface area contributed by atoms with Crippen LogP contribution >= 0.6 is 15.9 Å². The molecule has 0 aliphatic carbocycles. The topological polar surface area (TPSA) is 97.6 Å². The third-order valence-electron chi connectivity index (χ3n) is 5.57. The summed E-state index contributed by atoms with van der Waals surface area (Å²) in [6, 6.07) is 17.5. The van der Waals surface area contributed by atoms with E-state index < -0.39 is 26.0 Å². The van der Waals surface area contributed by atoms with Gasteiger partial charge in [-0.05, 0) is 66.4 Å². The molecule has 1 saturated heterocycles. The molecule has 1 heterocycles. The summed E-state index contributed by atoms with van der Waals surface area (Å²) >= 11 is 3.33. The number of nitro benzene ring substituents is 1. The number of nitrogens with zero attached hydrogens (tertiary/aromatic N) is 2. The first-order chi connectivity index (χ1) is 15.6. The first-order valence-electron chi connectivity index (χ1n) is 9.96. The molecule has 1 aliphatic rings. The molecule has 1 atom stereocenters. The zero-order chi connectivity index (χ0) is 23.9. The van der Waals surface area contributed by atoms with Crippen LogP contribution in [0.2, 0.25) is 0 Å². The molecular weight excluding hydrogens is 508 g/mol. The molecule has 4 rings (SSSR count). The number of halogens is 1. The highest BCUT2D eigenvalue weighted by molar-refractivity contribution is 9.10. The third kappa shape index (κ3) is 4.21. The fourth-order valence-corrected chi connectivity index (χ4v) is 5.86. The van der Waals surface area contributed by atoms with Crippen molar-refractivity contribution >= 4 is 49.1 Å². The zero-order valence-electron chi connectivity index (χ0n) is 17.7. The van der Waals surface area contributed by atoms with Crippen molar-refractivity contribution < 1.29 is 18.1 Å². The molecule has 7 nitrogen and oxygen atoms in total. The Morgan fingerprint density at radius 1 is 1.00 bits per heavy atom. The quantitative estimate of drug-likeness (QED) is 0.255. The van der Waals surface area contributed by atoms with E-state index in [1.807, 2.05) is 19.9 Å². The number of carbonyl (C=O) groups excluding carboxylic acids is 1. The van der Waals surface area contributed by atoms with E-state index in [2.05, 4.69) is 15.9 Å². The normalized spacial score (nSPS) is 18.6. The summed E-state index contributed by atoms with van der Waals surface area (Å²) < 4.78 is 28.2. The van der Waals surface area contributed by atoms with Crippen LogP contribution in [0, 0.1) is 24.0 Å². The van der Waals surface area contributed by atoms with Crippen LogP contribution in [-0.4, -0.2) is 19.2 Å². The van der Waals surface area contributed by atoms with Gasteiger partial charge in [0.25, 0.3) is 11.6 Å². The fourth-order valence-electron chi connectivity index (χ4n) is 3.71. The lowest BCUT2D eigenvalue weighted by Crippen LogP contribution is -2.29. The molecule has 0 saturated carbocycles. The maximum atomic E-state index is 13.7. The molecule has 1 aliphatic heterocycles. The minimum Gasteiger partial charge on any atom is -0.286 e. The van der Waals surface area contributed by atoms with Crippen LogP contribution in [0.1, 0.15) is 27.6 Å². The van der Waals surface area contributed by atoms with Gasteiger partial charge in [0.05, 0.1) is 4.92 Å². The molecule has 1 fully saturated rings. The van der Waals surface area contributed by atoms with Crippen LogP contribution in [0.4, 0.5) is 11.4 Å². The standard InChI is InChI=1S/C24H19BrN2O5S/c1-15-6-11-20(12-16(15)2)26-23(28)22(13-17-7-9-19(25)10-8-17)33(31,32)24(26)18-4-3-5-21(14-18)27(29)30/h3-14,24H,1-2H3. The molecule has 0 N–H and O–H groups in total. The molecule has 3 aromatic carbocycles. The van der Waals surface area contributed by atoms with Crippen molar-refractivity contribution in [3.05, 3.63) is 108 Å². The number of benzene rings is 3. The Morgan fingerprint density at radius 3 is 2.33 bits per heavy atom. The molecule has 33 heavy (non-hydrogen) atoms. The molecule has 168 valence electrons. The molecule has 0 bridgehead atoms. The molecule has 1 unspecified atom stereocenters. The highest BCUT2D eigenvalue weighted by Crippen LogP contribution is 2.44. The summed E-state index contributed by atoms with van der Waals surface area (Å²) in [4.78, 5) is 25.1. The van der Waals surface area contributed by atoms with E-state index in [1.54, 1.807) is 36.4 Å². The summed E-state index contributed by atoms with van der Waals surface area (Å²) in [6.45, 7) is 3.79. The molecular formula is C24H19BrN2O5S. The average molecular weight is 527 g/mol. The number of amides is 1. The second-order valence-corrected chi connectivity index (χ2v) is 10.6. The zero-order valence-corrected chi connectivity index (χ0v) is 20.1. The summed E-state index contributed by atoms with van der Waals surface area (Å²) in [6.07, 6.45) is 1.34. The first-order valence-corrected chi connectivity index (χ1v) is 12.3. The first kappa shape index (κ1) is 22.9. The van der Waals surface area contributed by atoms with Gasteiger partial charge in [-0.15, -0.1) is 0 Å². The van der Waals surface area contributed by atoms with Gasteiger partial charge in [0.1, 0.15) is 4.91 Å². The number of sulfone groups is 1. The molecule has 1 amide bonds. The number of rotatable bonds is 4. The van der Waals surface area contributed by atoms with Crippen molar-refractivity contribution in [1.82, 2.24) is 0 Å². The summed E-state index contributed by atoms with van der Waals surface area (Å²) in [5, 5.41) is 9.90. The van der Waals surface area contributed by atoms with E-state index in [9.17, 15) is 23.3 Å². The number of nitro groups is 1. The van der Waals surface area contributed by atoms with Gasteiger partial charge in [-0.3, -0.25) is 19.8 Å².